The number of ether oxygens (including phenoxy) is 2. The lowest BCUT2D eigenvalue weighted by Gasteiger charge is -2.21. The number of hydrogen-bond donors (Lipinski definition) is 2. The minimum absolute atomic E-state index is 0.0330. The van der Waals surface area contributed by atoms with Crippen LogP contribution >= 0.6 is 0 Å². The highest BCUT2D eigenvalue weighted by molar-refractivity contribution is 5.94. The first-order valence-corrected chi connectivity index (χ1v) is 10.4. The number of methoxy groups -OCH3 is 2. The van der Waals surface area contributed by atoms with E-state index >= 15 is 0 Å². The van der Waals surface area contributed by atoms with Crippen molar-refractivity contribution >= 4 is 22.8 Å². The van der Waals surface area contributed by atoms with Crippen LogP contribution in [0.1, 0.15) is 42.6 Å². The number of amides is 2. The largest absolute Gasteiger partial charge is 0.495 e. The predicted molar refractivity (Wildman–Crippen MR) is 117 cm³/mol. The van der Waals surface area contributed by atoms with Crippen LogP contribution in [0.2, 0.25) is 0 Å². The van der Waals surface area contributed by atoms with Crippen LogP contribution in [0.15, 0.2) is 36.7 Å². The summed E-state index contributed by atoms with van der Waals surface area (Å²) in [6, 6.07) is 8.02. The predicted octanol–water partition coefficient (Wildman–Crippen LogP) is 4.18. The molecule has 3 aromatic rings. The number of rotatable bonds is 7. The molecule has 7 heteroatoms. The molecule has 2 aromatic heterocycles. The minimum atomic E-state index is -0.272. The number of urea groups is 1. The van der Waals surface area contributed by atoms with Crippen molar-refractivity contribution in [1.82, 2.24) is 15.3 Å². The molecule has 1 unspecified atom stereocenters. The van der Waals surface area contributed by atoms with Gasteiger partial charge in [-0.1, -0.05) is 25.5 Å². The fourth-order valence-corrected chi connectivity index (χ4v) is 4.14. The molecule has 0 radical (unpaired) electrons. The summed E-state index contributed by atoms with van der Waals surface area (Å²) in [6.07, 6.45) is 6.20. The zero-order valence-corrected chi connectivity index (χ0v) is 17.7. The van der Waals surface area contributed by atoms with Crippen molar-refractivity contribution in [3.05, 3.63) is 53.3 Å². The Labute approximate surface area is 176 Å². The van der Waals surface area contributed by atoms with Crippen molar-refractivity contribution in [1.29, 1.82) is 0 Å². The molecule has 7 nitrogen and oxygen atoms in total. The van der Waals surface area contributed by atoms with Crippen LogP contribution in [0.25, 0.3) is 11.0 Å². The quantitative estimate of drug-likeness (QED) is 0.575. The van der Waals surface area contributed by atoms with Gasteiger partial charge >= 0.3 is 6.03 Å². The number of anilines is 1. The lowest BCUT2D eigenvalue weighted by atomic mass is 9.95. The summed E-state index contributed by atoms with van der Waals surface area (Å²) in [7, 11) is 3.34. The molecule has 1 aliphatic heterocycles. The SMILES string of the molecule is CCCCNC(=O)N1CCc2c(C(OC)c3c[nH]c4ncc(OC)cc34)cccc21. The summed E-state index contributed by atoms with van der Waals surface area (Å²) in [4.78, 5) is 22.2. The van der Waals surface area contributed by atoms with E-state index in [0.29, 0.717) is 18.8 Å². The van der Waals surface area contributed by atoms with Gasteiger partial charge < -0.3 is 19.8 Å². The van der Waals surface area contributed by atoms with Crippen LogP contribution in [0.3, 0.4) is 0 Å². The van der Waals surface area contributed by atoms with Gasteiger partial charge in [-0.3, -0.25) is 4.90 Å². The van der Waals surface area contributed by atoms with E-state index in [0.717, 1.165) is 52.7 Å². The fraction of sp³-hybridized carbons (Fsp3) is 0.391. The highest BCUT2D eigenvalue weighted by atomic mass is 16.5. The van der Waals surface area contributed by atoms with Crippen LogP contribution < -0.4 is 15.0 Å². The van der Waals surface area contributed by atoms with E-state index in [1.54, 1.807) is 20.4 Å². The third-order valence-corrected chi connectivity index (χ3v) is 5.69. The second-order valence-electron chi connectivity index (χ2n) is 7.46. The molecule has 0 saturated heterocycles. The molecule has 4 rings (SSSR count). The number of H-pyrrole nitrogens is 1. The third-order valence-electron chi connectivity index (χ3n) is 5.69. The first-order valence-electron chi connectivity index (χ1n) is 10.4. The van der Waals surface area contributed by atoms with Crippen molar-refractivity contribution < 1.29 is 14.3 Å². The topological polar surface area (TPSA) is 79.5 Å². The van der Waals surface area contributed by atoms with Gasteiger partial charge in [-0.05, 0) is 36.1 Å². The van der Waals surface area contributed by atoms with E-state index in [1.807, 2.05) is 29.3 Å². The van der Waals surface area contributed by atoms with Crippen LogP contribution in [0, 0.1) is 0 Å². The van der Waals surface area contributed by atoms with Crippen molar-refractivity contribution in [2.45, 2.75) is 32.3 Å². The Morgan fingerprint density at radius 1 is 1.33 bits per heavy atom. The Morgan fingerprint density at radius 2 is 2.20 bits per heavy atom. The Morgan fingerprint density at radius 3 is 2.97 bits per heavy atom. The zero-order chi connectivity index (χ0) is 21.1. The molecule has 30 heavy (non-hydrogen) atoms. The molecule has 0 saturated carbocycles. The van der Waals surface area contributed by atoms with Crippen molar-refractivity contribution in [3.8, 4) is 5.75 Å². The molecule has 0 bridgehead atoms. The Hall–Kier alpha value is -3.06. The first-order chi connectivity index (χ1) is 14.7. The molecule has 2 N–H and O–H groups in total. The van der Waals surface area contributed by atoms with Crippen LogP contribution in [0.4, 0.5) is 10.5 Å². The standard InChI is InChI=1S/C23H28N4O3/c1-4-5-10-24-23(28)27-11-9-16-17(7-6-8-20(16)27)21(30-3)19-14-26-22-18(19)12-15(29-2)13-25-22/h6-8,12-14,21H,4-5,9-11H2,1-3H3,(H,24,28)(H,25,26). The maximum Gasteiger partial charge on any atom is 0.321 e. The highest BCUT2D eigenvalue weighted by Crippen LogP contribution is 2.39. The molecular formula is C23H28N4O3. The summed E-state index contributed by atoms with van der Waals surface area (Å²) >= 11 is 0. The smallest absolute Gasteiger partial charge is 0.321 e. The Balaban J connectivity index is 1.69. The van der Waals surface area contributed by atoms with Crippen LogP contribution in [-0.4, -0.2) is 43.3 Å². The monoisotopic (exact) mass is 408 g/mol. The molecule has 0 fully saturated rings. The number of aromatic nitrogens is 2. The first kappa shape index (κ1) is 20.2. The summed E-state index contributed by atoms with van der Waals surface area (Å²) < 4.78 is 11.3. The molecule has 0 aliphatic carbocycles. The van der Waals surface area contributed by atoms with E-state index in [9.17, 15) is 4.79 Å². The van der Waals surface area contributed by atoms with Crippen molar-refractivity contribution in [3.63, 3.8) is 0 Å². The number of carbonyl (C=O) groups is 1. The molecule has 0 spiro atoms. The van der Waals surface area contributed by atoms with Gasteiger partial charge in [0.05, 0.1) is 13.3 Å². The Bertz CT molecular complexity index is 1050. The molecule has 1 aromatic carbocycles. The lowest BCUT2D eigenvalue weighted by molar-refractivity contribution is 0.137. The average Bonchev–Trinajstić information content (AvgIpc) is 3.39. The van der Waals surface area contributed by atoms with E-state index < -0.39 is 0 Å². The normalized spacial score (nSPS) is 14.0. The molecule has 1 aliphatic rings. The van der Waals surface area contributed by atoms with E-state index in [1.165, 1.54) is 0 Å². The van der Waals surface area contributed by atoms with Gasteiger partial charge in [-0.2, -0.15) is 0 Å². The van der Waals surface area contributed by atoms with Crippen molar-refractivity contribution in [2.24, 2.45) is 0 Å². The average molecular weight is 409 g/mol. The fourth-order valence-electron chi connectivity index (χ4n) is 4.14. The summed E-state index contributed by atoms with van der Waals surface area (Å²) in [6.45, 7) is 3.49. The number of nitrogens with one attached hydrogen (secondary N) is 2. The summed E-state index contributed by atoms with van der Waals surface area (Å²) in [5.41, 5.74) is 4.97. The van der Waals surface area contributed by atoms with Gasteiger partial charge in [0.2, 0.25) is 0 Å². The summed E-state index contributed by atoms with van der Waals surface area (Å²) in [5.74, 6) is 0.700. The second kappa shape index (κ2) is 8.75. The van der Waals surface area contributed by atoms with Gasteiger partial charge in [-0.25, -0.2) is 9.78 Å². The maximum atomic E-state index is 12.7. The number of carbonyl (C=O) groups excluding carboxylic acids is 1. The van der Waals surface area contributed by atoms with Gasteiger partial charge in [0.15, 0.2) is 0 Å². The van der Waals surface area contributed by atoms with E-state index in [2.05, 4.69) is 28.3 Å². The van der Waals surface area contributed by atoms with Gasteiger partial charge in [0.1, 0.15) is 17.5 Å². The molecule has 2 amide bonds. The maximum absolute atomic E-state index is 12.7. The number of aromatic amines is 1. The van der Waals surface area contributed by atoms with E-state index in [-0.39, 0.29) is 12.1 Å². The zero-order valence-electron chi connectivity index (χ0n) is 17.7. The molecule has 3 heterocycles. The number of nitrogens with zero attached hydrogens (tertiary/aromatic N) is 2. The molecule has 158 valence electrons. The second-order valence-corrected chi connectivity index (χ2v) is 7.46. The summed E-state index contributed by atoms with van der Waals surface area (Å²) in [5, 5.41) is 3.99. The minimum Gasteiger partial charge on any atom is -0.495 e. The number of benzene rings is 1. The van der Waals surface area contributed by atoms with Crippen molar-refractivity contribution in [2.75, 3.05) is 32.2 Å². The Kier molecular flexibility index (Phi) is 5.90. The van der Waals surface area contributed by atoms with Gasteiger partial charge in [-0.15, -0.1) is 0 Å². The molecule has 1 atom stereocenters. The number of fused-ring (bicyclic) bond motifs is 2. The van der Waals surface area contributed by atoms with E-state index in [4.69, 9.17) is 9.47 Å². The number of unbranched alkanes of at least 4 members (excludes halogenated alkanes) is 1. The van der Waals surface area contributed by atoms with Crippen LogP contribution in [-0.2, 0) is 11.2 Å². The van der Waals surface area contributed by atoms with Gasteiger partial charge in [0, 0.05) is 43.0 Å². The number of hydrogen-bond acceptors (Lipinski definition) is 4. The highest BCUT2D eigenvalue weighted by Gasteiger charge is 2.30. The van der Waals surface area contributed by atoms with Crippen LogP contribution in [0.5, 0.6) is 5.75 Å². The lowest BCUT2D eigenvalue weighted by Crippen LogP contribution is -2.39. The third kappa shape index (κ3) is 3.61. The molecular weight excluding hydrogens is 380 g/mol. The number of pyridine rings is 1. The van der Waals surface area contributed by atoms with Gasteiger partial charge in [0.25, 0.3) is 0 Å².